The van der Waals surface area contributed by atoms with Crippen LogP contribution in [-0.2, 0) is 4.79 Å². The largest absolute Gasteiger partial charge is 0.368 e. The van der Waals surface area contributed by atoms with Crippen molar-refractivity contribution in [3.05, 3.63) is 21.5 Å². The molecule has 0 fully saturated rings. The van der Waals surface area contributed by atoms with Crippen molar-refractivity contribution in [1.29, 1.82) is 0 Å². The van der Waals surface area contributed by atoms with E-state index in [1.54, 1.807) is 13.8 Å². The highest BCUT2D eigenvalue weighted by molar-refractivity contribution is 5.78. The number of aromatic nitrogens is 2. The molecule has 1 atom stereocenters. The van der Waals surface area contributed by atoms with Crippen LogP contribution in [0, 0.1) is 24.0 Å². The van der Waals surface area contributed by atoms with Crippen LogP contribution < -0.4 is 5.73 Å². The molecule has 7 nitrogen and oxygen atoms in total. The first-order chi connectivity index (χ1) is 7.40. The van der Waals surface area contributed by atoms with Crippen LogP contribution in [0.1, 0.15) is 30.8 Å². The summed E-state index contributed by atoms with van der Waals surface area (Å²) in [6, 6.07) is -0.632. The molecule has 1 amide bonds. The number of carbonyl (C=O) groups is 1. The van der Waals surface area contributed by atoms with Crippen molar-refractivity contribution in [1.82, 2.24) is 9.78 Å². The first-order valence-corrected chi connectivity index (χ1v) is 4.89. The van der Waals surface area contributed by atoms with Crippen LogP contribution in [-0.4, -0.2) is 20.6 Å². The molecule has 0 radical (unpaired) electrons. The molecule has 0 saturated heterocycles. The molecule has 0 aliphatic rings. The third-order valence-electron chi connectivity index (χ3n) is 2.48. The molecule has 16 heavy (non-hydrogen) atoms. The van der Waals surface area contributed by atoms with Gasteiger partial charge in [-0.05, 0) is 20.3 Å². The van der Waals surface area contributed by atoms with E-state index in [2.05, 4.69) is 5.10 Å². The fourth-order valence-corrected chi connectivity index (χ4v) is 1.72. The summed E-state index contributed by atoms with van der Waals surface area (Å²) in [4.78, 5) is 21.4. The number of hydrogen-bond acceptors (Lipinski definition) is 4. The van der Waals surface area contributed by atoms with Gasteiger partial charge in [0.25, 0.3) is 0 Å². The average molecular weight is 226 g/mol. The zero-order chi connectivity index (χ0) is 12.5. The van der Waals surface area contributed by atoms with Gasteiger partial charge < -0.3 is 5.73 Å². The number of nitro groups is 1. The minimum Gasteiger partial charge on any atom is -0.368 e. The zero-order valence-corrected chi connectivity index (χ0v) is 9.43. The normalized spacial score (nSPS) is 12.4. The van der Waals surface area contributed by atoms with Gasteiger partial charge in [-0.1, -0.05) is 6.92 Å². The van der Waals surface area contributed by atoms with Crippen molar-refractivity contribution in [2.24, 2.45) is 5.73 Å². The number of carbonyl (C=O) groups excluding carboxylic acids is 1. The van der Waals surface area contributed by atoms with Crippen molar-refractivity contribution >= 4 is 11.6 Å². The van der Waals surface area contributed by atoms with E-state index in [0.29, 0.717) is 17.8 Å². The standard InChI is InChI=1S/C9H14N4O3/c1-4-7(9(10)14)12-6(3)8(13(15)16)5(2)11-12/h7H,4H2,1-3H3,(H2,10,14). The number of amides is 1. The molecule has 0 spiro atoms. The van der Waals surface area contributed by atoms with Gasteiger partial charge in [0.15, 0.2) is 0 Å². The van der Waals surface area contributed by atoms with E-state index in [0.717, 1.165) is 0 Å². The average Bonchev–Trinajstić information content (AvgIpc) is 2.42. The van der Waals surface area contributed by atoms with Crippen molar-refractivity contribution in [3.63, 3.8) is 0 Å². The molecule has 0 bridgehead atoms. The summed E-state index contributed by atoms with van der Waals surface area (Å²) in [5.41, 5.74) is 5.81. The molecule has 1 heterocycles. The number of primary amides is 1. The van der Waals surface area contributed by atoms with Crippen molar-refractivity contribution in [3.8, 4) is 0 Å². The summed E-state index contributed by atoms with van der Waals surface area (Å²) in [6.07, 6.45) is 0.453. The van der Waals surface area contributed by atoms with Gasteiger partial charge in [-0.25, -0.2) is 4.68 Å². The van der Waals surface area contributed by atoms with Crippen LogP contribution in [0.15, 0.2) is 0 Å². The highest BCUT2D eigenvalue weighted by atomic mass is 16.6. The Morgan fingerprint density at radius 3 is 2.50 bits per heavy atom. The predicted octanol–water partition coefficient (Wildman–Crippen LogP) is 0.845. The van der Waals surface area contributed by atoms with Crippen LogP contribution >= 0.6 is 0 Å². The molecule has 0 aliphatic carbocycles. The Hall–Kier alpha value is -1.92. The third-order valence-corrected chi connectivity index (χ3v) is 2.48. The van der Waals surface area contributed by atoms with E-state index in [1.165, 1.54) is 11.6 Å². The second-order valence-corrected chi connectivity index (χ2v) is 3.55. The monoisotopic (exact) mass is 226 g/mol. The van der Waals surface area contributed by atoms with E-state index < -0.39 is 16.9 Å². The zero-order valence-electron chi connectivity index (χ0n) is 9.43. The first-order valence-electron chi connectivity index (χ1n) is 4.89. The van der Waals surface area contributed by atoms with Crippen molar-refractivity contribution in [2.75, 3.05) is 0 Å². The summed E-state index contributed by atoms with van der Waals surface area (Å²) in [5.74, 6) is -0.539. The highest BCUT2D eigenvalue weighted by Gasteiger charge is 2.27. The minimum atomic E-state index is -0.632. The number of hydrogen-bond donors (Lipinski definition) is 1. The highest BCUT2D eigenvalue weighted by Crippen LogP contribution is 2.25. The molecule has 1 rings (SSSR count). The Morgan fingerprint density at radius 2 is 2.19 bits per heavy atom. The quantitative estimate of drug-likeness (QED) is 0.606. The molecule has 0 aromatic carbocycles. The summed E-state index contributed by atoms with van der Waals surface area (Å²) in [7, 11) is 0. The predicted molar refractivity (Wildman–Crippen MR) is 56.9 cm³/mol. The lowest BCUT2D eigenvalue weighted by Crippen LogP contribution is -2.27. The maximum Gasteiger partial charge on any atom is 0.312 e. The number of rotatable bonds is 4. The summed E-state index contributed by atoms with van der Waals surface area (Å²) < 4.78 is 1.33. The molecule has 1 unspecified atom stereocenters. The lowest BCUT2D eigenvalue weighted by atomic mass is 10.2. The van der Waals surface area contributed by atoms with Gasteiger partial charge in [0, 0.05) is 0 Å². The van der Waals surface area contributed by atoms with E-state index in [4.69, 9.17) is 5.73 Å². The van der Waals surface area contributed by atoms with E-state index >= 15 is 0 Å². The fraction of sp³-hybridized carbons (Fsp3) is 0.556. The van der Waals surface area contributed by atoms with Crippen LogP contribution in [0.25, 0.3) is 0 Å². The minimum absolute atomic E-state index is 0.0558. The Balaban J connectivity index is 3.31. The molecule has 2 N–H and O–H groups in total. The van der Waals surface area contributed by atoms with Crippen LogP contribution in [0.3, 0.4) is 0 Å². The van der Waals surface area contributed by atoms with Gasteiger partial charge in [0.05, 0.1) is 4.92 Å². The molecule has 0 saturated carbocycles. The number of nitrogens with zero attached hydrogens (tertiary/aromatic N) is 3. The molecule has 7 heteroatoms. The van der Waals surface area contributed by atoms with Crippen LogP contribution in [0.2, 0.25) is 0 Å². The molecule has 1 aromatic rings. The molecule has 0 aliphatic heterocycles. The van der Waals surface area contributed by atoms with E-state index in [9.17, 15) is 14.9 Å². The van der Waals surface area contributed by atoms with Gasteiger partial charge in [-0.15, -0.1) is 0 Å². The first kappa shape index (κ1) is 12.2. The van der Waals surface area contributed by atoms with Crippen LogP contribution in [0.5, 0.6) is 0 Å². The van der Waals surface area contributed by atoms with E-state index in [1.807, 2.05) is 0 Å². The number of nitrogens with two attached hydrogens (primary N) is 1. The van der Waals surface area contributed by atoms with Crippen molar-refractivity contribution in [2.45, 2.75) is 33.2 Å². The molecule has 88 valence electrons. The summed E-state index contributed by atoms with van der Waals surface area (Å²) in [6.45, 7) is 4.87. The topological polar surface area (TPSA) is 104 Å². The third kappa shape index (κ3) is 1.88. The SMILES string of the molecule is CCC(C(N)=O)n1nc(C)c([N+](=O)[O-])c1C. The smallest absolute Gasteiger partial charge is 0.312 e. The Morgan fingerprint density at radius 1 is 1.62 bits per heavy atom. The fourth-order valence-electron chi connectivity index (χ4n) is 1.72. The van der Waals surface area contributed by atoms with Crippen molar-refractivity contribution < 1.29 is 9.72 Å². The Kier molecular flexibility index (Phi) is 3.26. The second-order valence-electron chi connectivity index (χ2n) is 3.55. The lowest BCUT2D eigenvalue weighted by molar-refractivity contribution is -0.386. The van der Waals surface area contributed by atoms with Gasteiger partial charge in [0.1, 0.15) is 17.4 Å². The number of aryl methyl sites for hydroxylation is 1. The molecular formula is C9H14N4O3. The Bertz CT molecular complexity index is 438. The van der Waals surface area contributed by atoms with Crippen LogP contribution in [0.4, 0.5) is 5.69 Å². The Labute approximate surface area is 92.4 Å². The second kappa shape index (κ2) is 4.30. The molecule has 1 aromatic heterocycles. The van der Waals surface area contributed by atoms with Gasteiger partial charge in [0.2, 0.25) is 5.91 Å². The van der Waals surface area contributed by atoms with Gasteiger partial charge in [-0.3, -0.25) is 14.9 Å². The van der Waals surface area contributed by atoms with Gasteiger partial charge >= 0.3 is 5.69 Å². The maximum atomic E-state index is 11.2. The molecular weight excluding hydrogens is 212 g/mol. The summed E-state index contributed by atoms with van der Waals surface area (Å²) in [5, 5.41) is 14.8. The van der Waals surface area contributed by atoms with E-state index in [-0.39, 0.29) is 5.69 Å². The summed E-state index contributed by atoms with van der Waals surface area (Å²) >= 11 is 0. The lowest BCUT2D eigenvalue weighted by Gasteiger charge is -2.12. The maximum absolute atomic E-state index is 11.2. The van der Waals surface area contributed by atoms with Gasteiger partial charge in [-0.2, -0.15) is 5.10 Å².